The molecule has 0 fully saturated rings. The van der Waals surface area contributed by atoms with Gasteiger partial charge in [0, 0.05) is 24.1 Å². The first-order chi connectivity index (χ1) is 15.4. The van der Waals surface area contributed by atoms with E-state index in [1.54, 1.807) is 59.7 Å². The average molecular weight is 439 g/mol. The fourth-order valence-electron chi connectivity index (χ4n) is 2.83. The standard InChI is InChI=1S/C22H16F3N5O2/c23-22(24,25)16-3-1-15(2-4-16)13-20(31)27-17-5-7-18(8-6-17)32-21-10-9-19(28-29-21)30-12-11-26-14-30/h1-12,14H,13H2,(H,27,31). The van der Waals surface area contributed by atoms with Gasteiger partial charge in [-0.05, 0) is 48.0 Å². The Bertz CT molecular complexity index is 1170. The predicted molar refractivity (Wildman–Crippen MR) is 109 cm³/mol. The molecule has 7 nitrogen and oxygen atoms in total. The first kappa shape index (κ1) is 21.0. The highest BCUT2D eigenvalue weighted by molar-refractivity contribution is 5.92. The molecule has 0 unspecified atom stereocenters. The minimum atomic E-state index is -4.40. The summed E-state index contributed by atoms with van der Waals surface area (Å²) in [6.07, 6.45) is 0.535. The molecule has 0 aliphatic carbocycles. The highest BCUT2D eigenvalue weighted by Crippen LogP contribution is 2.29. The third-order valence-corrected chi connectivity index (χ3v) is 4.40. The van der Waals surface area contributed by atoms with Crippen LogP contribution >= 0.6 is 0 Å². The van der Waals surface area contributed by atoms with Crippen LogP contribution in [0.1, 0.15) is 11.1 Å². The van der Waals surface area contributed by atoms with Gasteiger partial charge in [0.05, 0.1) is 12.0 Å². The van der Waals surface area contributed by atoms with Gasteiger partial charge in [0.1, 0.15) is 12.1 Å². The Morgan fingerprint density at radius 2 is 1.72 bits per heavy atom. The summed E-state index contributed by atoms with van der Waals surface area (Å²) in [5.74, 6) is 1.05. The minimum absolute atomic E-state index is 0.0464. The second-order valence-electron chi connectivity index (χ2n) is 6.75. The number of rotatable bonds is 6. The number of ether oxygens (including phenoxy) is 1. The van der Waals surface area contributed by atoms with Crippen molar-refractivity contribution < 1.29 is 22.7 Å². The van der Waals surface area contributed by atoms with Gasteiger partial charge in [0.15, 0.2) is 5.82 Å². The largest absolute Gasteiger partial charge is 0.438 e. The second kappa shape index (κ2) is 8.88. The van der Waals surface area contributed by atoms with Gasteiger partial charge in [0.25, 0.3) is 0 Å². The summed E-state index contributed by atoms with van der Waals surface area (Å²) in [5, 5.41) is 10.8. The van der Waals surface area contributed by atoms with E-state index >= 15 is 0 Å². The van der Waals surface area contributed by atoms with Gasteiger partial charge in [-0.1, -0.05) is 12.1 Å². The minimum Gasteiger partial charge on any atom is -0.438 e. The summed E-state index contributed by atoms with van der Waals surface area (Å²) < 4.78 is 45.2. The highest BCUT2D eigenvalue weighted by atomic mass is 19.4. The molecule has 4 rings (SSSR count). The van der Waals surface area contributed by atoms with E-state index in [4.69, 9.17) is 4.74 Å². The molecular formula is C22H16F3N5O2. The normalized spacial score (nSPS) is 11.2. The molecule has 1 N–H and O–H groups in total. The summed E-state index contributed by atoms with van der Waals surface area (Å²) >= 11 is 0. The van der Waals surface area contributed by atoms with Crippen LogP contribution in [0.25, 0.3) is 5.82 Å². The molecule has 0 bridgehead atoms. The number of alkyl halides is 3. The number of halogens is 3. The smallest absolute Gasteiger partial charge is 0.416 e. The van der Waals surface area contributed by atoms with E-state index < -0.39 is 11.7 Å². The number of nitrogens with zero attached hydrogens (tertiary/aromatic N) is 4. The van der Waals surface area contributed by atoms with Gasteiger partial charge in [0.2, 0.25) is 11.8 Å². The van der Waals surface area contributed by atoms with Gasteiger partial charge in [-0.3, -0.25) is 9.36 Å². The Morgan fingerprint density at radius 3 is 2.31 bits per heavy atom. The second-order valence-corrected chi connectivity index (χ2v) is 6.75. The van der Waals surface area contributed by atoms with Crippen LogP contribution < -0.4 is 10.1 Å². The molecule has 2 aromatic carbocycles. The van der Waals surface area contributed by atoms with Crippen LogP contribution in [0.15, 0.2) is 79.4 Å². The molecule has 0 spiro atoms. The van der Waals surface area contributed by atoms with Crippen molar-refractivity contribution in [3.05, 3.63) is 90.5 Å². The lowest BCUT2D eigenvalue weighted by Crippen LogP contribution is -2.14. The maximum atomic E-state index is 12.6. The van der Waals surface area contributed by atoms with E-state index in [0.29, 0.717) is 28.7 Å². The fourth-order valence-corrected chi connectivity index (χ4v) is 2.83. The van der Waals surface area contributed by atoms with E-state index in [0.717, 1.165) is 12.1 Å². The van der Waals surface area contributed by atoms with Gasteiger partial charge in [-0.15, -0.1) is 10.2 Å². The lowest BCUT2D eigenvalue weighted by molar-refractivity contribution is -0.137. The maximum absolute atomic E-state index is 12.6. The third kappa shape index (κ3) is 5.28. The number of anilines is 1. The third-order valence-electron chi connectivity index (χ3n) is 4.40. The van der Waals surface area contributed by atoms with E-state index in [1.807, 2.05) is 0 Å². The number of carbonyl (C=O) groups excluding carboxylic acids is 1. The first-order valence-corrected chi connectivity index (χ1v) is 9.43. The van der Waals surface area contributed by atoms with Gasteiger partial charge < -0.3 is 10.1 Å². The van der Waals surface area contributed by atoms with Crippen LogP contribution in [0.2, 0.25) is 0 Å². The van der Waals surface area contributed by atoms with Crippen molar-refractivity contribution in [2.75, 3.05) is 5.32 Å². The number of imidazole rings is 1. The first-order valence-electron chi connectivity index (χ1n) is 9.43. The van der Waals surface area contributed by atoms with Crippen molar-refractivity contribution >= 4 is 11.6 Å². The van der Waals surface area contributed by atoms with Crippen LogP contribution in [-0.4, -0.2) is 25.7 Å². The van der Waals surface area contributed by atoms with Crippen molar-refractivity contribution in [3.63, 3.8) is 0 Å². The topological polar surface area (TPSA) is 81.9 Å². The van der Waals surface area contributed by atoms with Crippen LogP contribution in [0, 0.1) is 0 Å². The van der Waals surface area contributed by atoms with Crippen molar-refractivity contribution in [2.45, 2.75) is 12.6 Å². The van der Waals surface area contributed by atoms with E-state index in [9.17, 15) is 18.0 Å². The summed E-state index contributed by atoms with van der Waals surface area (Å²) in [6, 6.07) is 14.5. The zero-order valence-electron chi connectivity index (χ0n) is 16.5. The van der Waals surface area contributed by atoms with Crippen molar-refractivity contribution in [1.29, 1.82) is 0 Å². The highest BCUT2D eigenvalue weighted by Gasteiger charge is 2.29. The summed E-state index contributed by atoms with van der Waals surface area (Å²) in [7, 11) is 0. The summed E-state index contributed by atoms with van der Waals surface area (Å²) in [5.41, 5.74) is 0.252. The molecule has 1 amide bonds. The molecule has 4 aromatic rings. The van der Waals surface area contributed by atoms with E-state index in [1.165, 1.54) is 12.1 Å². The Labute approximate surface area is 180 Å². The predicted octanol–water partition coefficient (Wildman–Crippen LogP) is 4.65. The molecule has 0 radical (unpaired) electrons. The molecule has 0 saturated carbocycles. The van der Waals surface area contributed by atoms with Crippen molar-refractivity contribution in [1.82, 2.24) is 19.7 Å². The maximum Gasteiger partial charge on any atom is 0.416 e. The fraction of sp³-hybridized carbons (Fsp3) is 0.0909. The number of carbonyl (C=O) groups is 1. The zero-order valence-corrected chi connectivity index (χ0v) is 16.5. The Balaban J connectivity index is 1.32. The molecule has 2 heterocycles. The van der Waals surface area contributed by atoms with Gasteiger partial charge in [-0.2, -0.15) is 13.2 Å². The molecule has 0 aliphatic rings. The molecular weight excluding hydrogens is 423 g/mol. The average Bonchev–Trinajstić information content (AvgIpc) is 3.30. The number of nitrogens with one attached hydrogen (secondary N) is 1. The van der Waals surface area contributed by atoms with Crippen LogP contribution in [0.3, 0.4) is 0 Å². The SMILES string of the molecule is O=C(Cc1ccc(C(F)(F)F)cc1)Nc1ccc(Oc2ccc(-n3ccnc3)nn2)cc1. The number of benzene rings is 2. The summed E-state index contributed by atoms with van der Waals surface area (Å²) in [6.45, 7) is 0. The van der Waals surface area contributed by atoms with Crippen LogP contribution in [0.5, 0.6) is 11.6 Å². The van der Waals surface area contributed by atoms with Crippen LogP contribution in [-0.2, 0) is 17.4 Å². The molecule has 0 atom stereocenters. The Kier molecular flexibility index (Phi) is 5.84. The summed E-state index contributed by atoms with van der Waals surface area (Å²) in [4.78, 5) is 16.1. The van der Waals surface area contributed by atoms with Crippen LogP contribution in [0.4, 0.5) is 18.9 Å². The van der Waals surface area contributed by atoms with Crippen molar-refractivity contribution in [3.8, 4) is 17.4 Å². The molecule has 0 saturated heterocycles. The molecule has 2 aromatic heterocycles. The lowest BCUT2D eigenvalue weighted by atomic mass is 10.1. The van der Waals surface area contributed by atoms with E-state index in [-0.39, 0.29) is 12.3 Å². The van der Waals surface area contributed by atoms with Gasteiger partial charge >= 0.3 is 6.18 Å². The van der Waals surface area contributed by atoms with Gasteiger partial charge in [-0.25, -0.2) is 4.98 Å². The Hall–Kier alpha value is -4.21. The number of hydrogen-bond acceptors (Lipinski definition) is 5. The molecule has 10 heteroatoms. The number of hydrogen-bond donors (Lipinski definition) is 1. The quantitative estimate of drug-likeness (QED) is 0.473. The monoisotopic (exact) mass is 439 g/mol. The number of amides is 1. The molecule has 0 aliphatic heterocycles. The Morgan fingerprint density at radius 1 is 0.969 bits per heavy atom. The van der Waals surface area contributed by atoms with E-state index in [2.05, 4.69) is 20.5 Å². The number of aromatic nitrogens is 4. The van der Waals surface area contributed by atoms with Crippen molar-refractivity contribution in [2.24, 2.45) is 0 Å². The lowest BCUT2D eigenvalue weighted by Gasteiger charge is -2.09. The molecule has 162 valence electrons. The zero-order chi connectivity index (χ0) is 22.6. The molecule has 32 heavy (non-hydrogen) atoms.